The quantitative estimate of drug-likeness (QED) is 0.741. The maximum absolute atomic E-state index is 3.53. The minimum Gasteiger partial charge on any atom is -0.316 e. The molecule has 1 aromatic rings. The maximum atomic E-state index is 3.53. The first kappa shape index (κ1) is 16.2. The van der Waals surface area contributed by atoms with Gasteiger partial charge in [0.05, 0.1) is 0 Å². The molecule has 0 amide bonds. The van der Waals surface area contributed by atoms with E-state index in [-0.39, 0.29) is 5.41 Å². The van der Waals surface area contributed by atoms with Crippen LogP contribution >= 0.6 is 0 Å². The molecule has 0 aliphatic heterocycles. The summed E-state index contributed by atoms with van der Waals surface area (Å²) < 4.78 is 0. The van der Waals surface area contributed by atoms with Crippen molar-refractivity contribution in [3.8, 4) is 0 Å². The molecule has 0 unspecified atom stereocenters. The van der Waals surface area contributed by atoms with Gasteiger partial charge in [0.15, 0.2) is 0 Å². The van der Waals surface area contributed by atoms with Crippen LogP contribution in [-0.4, -0.2) is 13.1 Å². The Hall–Kier alpha value is -0.820. The first-order chi connectivity index (χ1) is 8.74. The van der Waals surface area contributed by atoms with Crippen molar-refractivity contribution in [2.45, 2.75) is 59.8 Å². The first-order valence-corrected chi connectivity index (χ1v) is 7.55. The van der Waals surface area contributed by atoms with Crippen LogP contribution in [0.1, 0.15) is 59.1 Å². The number of rotatable bonds is 6. The molecule has 1 aromatic carbocycles. The molecule has 0 saturated carbocycles. The summed E-state index contributed by atoms with van der Waals surface area (Å²) in [6.07, 6.45) is 2.34. The Balaban J connectivity index is 2.62. The second-order valence-electron chi connectivity index (χ2n) is 7.46. The van der Waals surface area contributed by atoms with Gasteiger partial charge in [0.25, 0.3) is 0 Å². The monoisotopic (exact) mass is 261 g/mol. The second kappa shape index (κ2) is 6.56. The predicted molar refractivity (Wildman–Crippen MR) is 85.8 cm³/mol. The van der Waals surface area contributed by atoms with Gasteiger partial charge in [-0.2, -0.15) is 0 Å². The molecule has 0 bridgehead atoms. The summed E-state index contributed by atoms with van der Waals surface area (Å²) in [6.45, 7) is 15.9. The third kappa shape index (κ3) is 5.78. The topological polar surface area (TPSA) is 12.0 Å². The third-order valence-corrected chi connectivity index (χ3v) is 3.53. The summed E-state index contributed by atoms with van der Waals surface area (Å²) in [6, 6.07) is 9.15. The van der Waals surface area contributed by atoms with E-state index in [1.165, 1.54) is 17.5 Å². The molecule has 0 aromatic heterocycles. The van der Waals surface area contributed by atoms with Gasteiger partial charge < -0.3 is 5.32 Å². The lowest BCUT2D eigenvalue weighted by Gasteiger charge is -2.26. The average molecular weight is 261 g/mol. The average Bonchev–Trinajstić information content (AvgIpc) is 2.28. The van der Waals surface area contributed by atoms with E-state index in [1.54, 1.807) is 0 Å². The van der Waals surface area contributed by atoms with Gasteiger partial charge in [0, 0.05) is 6.54 Å². The SMILES string of the molecule is CCCNCC(C)(C)Cc1ccc(C(C)(C)C)cc1. The molecule has 0 aliphatic rings. The predicted octanol–water partition coefficient (Wildman–Crippen LogP) is 4.55. The van der Waals surface area contributed by atoms with Crippen LogP contribution < -0.4 is 5.32 Å². The van der Waals surface area contributed by atoms with E-state index < -0.39 is 0 Å². The van der Waals surface area contributed by atoms with Crippen molar-refractivity contribution in [2.24, 2.45) is 5.41 Å². The van der Waals surface area contributed by atoms with Crippen molar-refractivity contribution in [3.05, 3.63) is 35.4 Å². The molecule has 0 spiro atoms. The van der Waals surface area contributed by atoms with E-state index in [0.29, 0.717) is 5.41 Å². The zero-order valence-corrected chi connectivity index (χ0v) is 13.6. The molecule has 0 heterocycles. The van der Waals surface area contributed by atoms with E-state index >= 15 is 0 Å². The Bertz CT molecular complexity index is 368. The van der Waals surface area contributed by atoms with Gasteiger partial charge in [-0.05, 0) is 41.3 Å². The summed E-state index contributed by atoms with van der Waals surface area (Å²) in [5.41, 5.74) is 3.42. The fourth-order valence-electron chi connectivity index (χ4n) is 2.34. The van der Waals surface area contributed by atoms with Gasteiger partial charge in [0.2, 0.25) is 0 Å². The van der Waals surface area contributed by atoms with Gasteiger partial charge in [-0.25, -0.2) is 0 Å². The van der Waals surface area contributed by atoms with E-state index in [4.69, 9.17) is 0 Å². The lowest BCUT2D eigenvalue weighted by atomic mass is 9.83. The van der Waals surface area contributed by atoms with E-state index in [1.807, 2.05) is 0 Å². The van der Waals surface area contributed by atoms with Crippen LogP contribution in [0.25, 0.3) is 0 Å². The Kier molecular flexibility index (Phi) is 5.61. The lowest BCUT2D eigenvalue weighted by Crippen LogP contribution is -2.31. The summed E-state index contributed by atoms with van der Waals surface area (Å²) in [5.74, 6) is 0. The fraction of sp³-hybridized carbons (Fsp3) is 0.667. The molecular weight excluding hydrogens is 230 g/mol. The Morgan fingerprint density at radius 3 is 2.00 bits per heavy atom. The zero-order chi connectivity index (χ0) is 14.5. The van der Waals surface area contributed by atoms with Crippen molar-refractivity contribution in [1.82, 2.24) is 5.32 Å². The van der Waals surface area contributed by atoms with E-state index in [2.05, 4.69) is 71.1 Å². The smallest absolute Gasteiger partial charge is 0.000570 e. The molecule has 0 radical (unpaired) electrons. The highest BCUT2D eigenvalue weighted by Gasteiger charge is 2.19. The van der Waals surface area contributed by atoms with Crippen LogP contribution in [0, 0.1) is 5.41 Å². The molecule has 19 heavy (non-hydrogen) atoms. The fourth-order valence-corrected chi connectivity index (χ4v) is 2.34. The standard InChI is InChI=1S/C18H31N/c1-7-12-19-14-18(5,6)13-15-8-10-16(11-9-15)17(2,3)4/h8-11,19H,7,12-14H2,1-6H3. The summed E-state index contributed by atoms with van der Waals surface area (Å²) in [7, 11) is 0. The maximum Gasteiger partial charge on any atom is 0.000570 e. The second-order valence-corrected chi connectivity index (χ2v) is 7.46. The van der Waals surface area contributed by atoms with Crippen LogP contribution in [0.3, 0.4) is 0 Å². The van der Waals surface area contributed by atoms with Crippen molar-refractivity contribution >= 4 is 0 Å². The molecule has 0 saturated heterocycles. The molecule has 1 N–H and O–H groups in total. The number of nitrogens with one attached hydrogen (secondary N) is 1. The third-order valence-electron chi connectivity index (χ3n) is 3.53. The highest BCUT2D eigenvalue weighted by molar-refractivity contribution is 5.28. The Morgan fingerprint density at radius 1 is 0.947 bits per heavy atom. The molecule has 1 rings (SSSR count). The van der Waals surface area contributed by atoms with Gasteiger partial charge in [0.1, 0.15) is 0 Å². The Labute approximate surface area is 119 Å². The molecule has 0 aliphatic carbocycles. The molecular formula is C18H31N. The van der Waals surface area contributed by atoms with Gasteiger partial charge in [-0.1, -0.05) is 65.8 Å². The van der Waals surface area contributed by atoms with Gasteiger partial charge in [-0.15, -0.1) is 0 Å². The minimum atomic E-state index is 0.247. The Morgan fingerprint density at radius 2 is 1.53 bits per heavy atom. The van der Waals surface area contributed by atoms with Gasteiger partial charge in [-0.3, -0.25) is 0 Å². The van der Waals surface area contributed by atoms with Crippen molar-refractivity contribution in [1.29, 1.82) is 0 Å². The number of benzene rings is 1. The first-order valence-electron chi connectivity index (χ1n) is 7.55. The summed E-state index contributed by atoms with van der Waals surface area (Å²) in [5, 5.41) is 3.53. The van der Waals surface area contributed by atoms with E-state index in [0.717, 1.165) is 19.5 Å². The van der Waals surface area contributed by atoms with Crippen molar-refractivity contribution in [3.63, 3.8) is 0 Å². The van der Waals surface area contributed by atoms with Crippen LogP contribution in [0.2, 0.25) is 0 Å². The molecule has 108 valence electrons. The van der Waals surface area contributed by atoms with Crippen LogP contribution in [0.15, 0.2) is 24.3 Å². The summed E-state index contributed by atoms with van der Waals surface area (Å²) >= 11 is 0. The number of hydrogen-bond donors (Lipinski definition) is 1. The van der Waals surface area contributed by atoms with Crippen LogP contribution in [-0.2, 0) is 11.8 Å². The minimum absolute atomic E-state index is 0.247. The zero-order valence-electron chi connectivity index (χ0n) is 13.6. The highest BCUT2D eigenvalue weighted by Crippen LogP contribution is 2.25. The largest absolute Gasteiger partial charge is 0.316 e. The van der Waals surface area contributed by atoms with Crippen molar-refractivity contribution in [2.75, 3.05) is 13.1 Å². The van der Waals surface area contributed by atoms with Crippen LogP contribution in [0.4, 0.5) is 0 Å². The van der Waals surface area contributed by atoms with E-state index in [9.17, 15) is 0 Å². The van der Waals surface area contributed by atoms with Crippen LogP contribution in [0.5, 0.6) is 0 Å². The molecule has 0 atom stereocenters. The normalized spacial score (nSPS) is 12.7. The highest BCUT2D eigenvalue weighted by atomic mass is 14.9. The molecule has 0 fully saturated rings. The lowest BCUT2D eigenvalue weighted by molar-refractivity contribution is 0.339. The summed E-state index contributed by atoms with van der Waals surface area (Å²) in [4.78, 5) is 0. The number of hydrogen-bond acceptors (Lipinski definition) is 1. The molecule has 1 heteroatoms. The van der Waals surface area contributed by atoms with Gasteiger partial charge >= 0.3 is 0 Å². The van der Waals surface area contributed by atoms with Crippen molar-refractivity contribution < 1.29 is 0 Å². The molecule has 1 nitrogen and oxygen atoms in total.